The van der Waals surface area contributed by atoms with Crippen molar-refractivity contribution in [3.8, 4) is 11.5 Å². The van der Waals surface area contributed by atoms with Crippen LogP contribution in [0.2, 0.25) is 0 Å². The summed E-state index contributed by atoms with van der Waals surface area (Å²) in [5.74, 6) is -1.41. The summed E-state index contributed by atoms with van der Waals surface area (Å²) >= 11 is 0. The molecule has 35 heavy (non-hydrogen) atoms. The molecule has 8 atom stereocenters. The number of rotatable bonds is 6. The van der Waals surface area contributed by atoms with E-state index in [4.69, 9.17) is 25.7 Å². The molecule has 2 aromatic rings. The first-order valence-corrected chi connectivity index (χ1v) is 10.3. The molecule has 0 amide bonds. The van der Waals surface area contributed by atoms with Gasteiger partial charge in [0.1, 0.15) is 36.6 Å². The molecule has 2 aliphatic heterocycles. The normalized spacial score (nSPS) is 32.7. The molecule has 2 saturated heterocycles. The summed E-state index contributed by atoms with van der Waals surface area (Å²) in [6.07, 6.45) is -9.35. The third kappa shape index (κ3) is 4.34. The molecule has 2 aromatic heterocycles. The first-order valence-electron chi connectivity index (χ1n) is 10.3. The summed E-state index contributed by atoms with van der Waals surface area (Å²) < 4.78 is 17.8. The van der Waals surface area contributed by atoms with E-state index in [-0.39, 0.29) is 11.5 Å². The lowest BCUT2D eigenvalue weighted by Gasteiger charge is -2.20. The molecule has 0 spiro atoms. The Labute approximate surface area is 195 Å². The van der Waals surface area contributed by atoms with Gasteiger partial charge in [0, 0.05) is 0 Å². The van der Waals surface area contributed by atoms with Crippen molar-refractivity contribution in [2.75, 3.05) is 24.7 Å². The maximum absolute atomic E-state index is 12.4. The number of nitrogens with zero attached hydrogens (tertiary/aromatic N) is 4. The molecule has 192 valence electrons. The Hall–Kier alpha value is -3.16. The second-order valence-electron chi connectivity index (χ2n) is 7.92. The third-order valence-electron chi connectivity index (χ3n) is 5.69. The van der Waals surface area contributed by atoms with E-state index < -0.39 is 85.3 Å². The number of nitrogen functional groups attached to an aromatic ring is 2. The van der Waals surface area contributed by atoms with Gasteiger partial charge in [-0.2, -0.15) is 9.97 Å². The van der Waals surface area contributed by atoms with Gasteiger partial charge in [-0.15, -0.1) is 0 Å². The van der Waals surface area contributed by atoms with E-state index in [9.17, 15) is 40.2 Å². The highest BCUT2D eigenvalue weighted by molar-refractivity contribution is 5.51. The van der Waals surface area contributed by atoms with E-state index in [0.29, 0.717) is 0 Å². The highest BCUT2D eigenvalue weighted by Crippen LogP contribution is 2.34. The fourth-order valence-corrected chi connectivity index (χ4v) is 3.79. The number of nitrogens with two attached hydrogens (primary N) is 2. The molecule has 2 aliphatic rings. The number of aliphatic hydroxyl groups is 6. The summed E-state index contributed by atoms with van der Waals surface area (Å²) in [4.78, 5) is 31.9. The van der Waals surface area contributed by atoms with E-state index in [1.165, 1.54) is 0 Å². The van der Waals surface area contributed by atoms with Crippen molar-refractivity contribution in [2.45, 2.75) is 49.1 Å². The van der Waals surface area contributed by atoms with E-state index in [1.807, 2.05) is 0 Å². The highest BCUT2D eigenvalue weighted by Gasteiger charge is 2.45. The third-order valence-corrected chi connectivity index (χ3v) is 5.69. The highest BCUT2D eigenvalue weighted by atomic mass is 16.6. The lowest BCUT2D eigenvalue weighted by Crippen LogP contribution is -2.36. The number of ether oxygens (including phenoxy) is 3. The van der Waals surface area contributed by atoms with Crippen molar-refractivity contribution in [1.29, 1.82) is 0 Å². The summed E-state index contributed by atoms with van der Waals surface area (Å²) in [6, 6.07) is 0. The Morgan fingerprint density at radius 2 is 1.14 bits per heavy atom. The molecule has 0 radical (unpaired) electrons. The van der Waals surface area contributed by atoms with Crippen LogP contribution in [0.25, 0.3) is 0 Å². The number of aliphatic hydroxyl groups excluding tert-OH is 6. The van der Waals surface area contributed by atoms with E-state index in [2.05, 4.69) is 9.97 Å². The van der Waals surface area contributed by atoms with Crippen molar-refractivity contribution in [2.24, 2.45) is 0 Å². The van der Waals surface area contributed by atoms with Crippen molar-refractivity contribution < 1.29 is 44.8 Å². The molecule has 10 N–H and O–H groups in total. The van der Waals surface area contributed by atoms with Crippen LogP contribution in [0.5, 0.6) is 11.5 Å². The van der Waals surface area contributed by atoms with Gasteiger partial charge in [-0.1, -0.05) is 0 Å². The van der Waals surface area contributed by atoms with E-state index in [0.717, 1.165) is 21.5 Å². The van der Waals surface area contributed by atoms with Gasteiger partial charge in [-0.05, 0) is 0 Å². The Morgan fingerprint density at radius 1 is 0.771 bits per heavy atom. The molecular weight excluding hydrogens is 476 g/mol. The van der Waals surface area contributed by atoms with Crippen LogP contribution in [0.3, 0.4) is 0 Å². The van der Waals surface area contributed by atoms with Crippen LogP contribution >= 0.6 is 0 Å². The second-order valence-corrected chi connectivity index (χ2v) is 7.92. The van der Waals surface area contributed by atoms with Crippen LogP contribution in [-0.2, 0) is 9.47 Å². The molecule has 17 nitrogen and oxygen atoms in total. The number of hydrogen-bond acceptors (Lipinski definition) is 15. The molecule has 17 heteroatoms. The average molecular weight is 500 g/mol. The molecule has 0 saturated carbocycles. The summed E-state index contributed by atoms with van der Waals surface area (Å²) in [7, 11) is 0. The Balaban J connectivity index is 1.68. The van der Waals surface area contributed by atoms with Gasteiger partial charge >= 0.3 is 11.4 Å². The van der Waals surface area contributed by atoms with Crippen LogP contribution in [-0.4, -0.2) is 99.6 Å². The molecule has 4 heterocycles. The van der Waals surface area contributed by atoms with Crippen molar-refractivity contribution in [1.82, 2.24) is 19.1 Å². The SMILES string of the molecule is Nc1nc(=O)n(C2O[C@H](CO)[C@@H](O)[C@H]2O)cc1Oc1cn(C2O[C@H](CO)[C@@H](O)[C@H]2O)c(=O)nc1N. The Kier molecular flexibility index (Phi) is 6.75. The van der Waals surface area contributed by atoms with Crippen LogP contribution in [0.1, 0.15) is 12.5 Å². The van der Waals surface area contributed by atoms with Crippen LogP contribution in [0.15, 0.2) is 22.0 Å². The zero-order chi connectivity index (χ0) is 25.6. The maximum atomic E-state index is 12.4. The monoisotopic (exact) mass is 500 g/mol. The summed E-state index contributed by atoms with van der Waals surface area (Å²) in [5, 5.41) is 58.9. The fraction of sp³-hybridized carbons (Fsp3) is 0.556. The topological polar surface area (TPSA) is 271 Å². The van der Waals surface area contributed by atoms with Gasteiger partial charge in [-0.3, -0.25) is 9.13 Å². The van der Waals surface area contributed by atoms with E-state index >= 15 is 0 Å². The second kappa shape index (κ2) is 9.47. The first-order chi connectivity index (χ1) is 16.6. The fourth-order valence-electron chi connectivity index (χ4n) is 3.79. The van der Waals surface area contributed by atoms with E-state index in [1.54, 1.807) is 0 Å². The van der Waals surface area contributed by atoms with Crippen molar-refractivity contribution in [3.63, 3.8) is 0 Å². The maximum Gasteiger partial charge on any atom is 0.351 e. The molecule has 0 aromatic carbocycles. The van der Waals surface area contributed by atoms with Gasteiger partial charge in [0.2, 0.25) is 0 Å². The lowest BCUT2D eigenvalue weighted by molar-refractivity contribution is -0.0554. The van der Waals surface area contributed by atoms with Gasteiger partial charge in [-0.25, -0.2) is 9.59 Å². The molecule has 0 bridgehead atoms. The minimum absolute atomic E-state index is 0.290. The lowest BCUT2D eigenvalue weighted by atomic mass is 10.1. The van der Waals surface area contributed by atoms with Crippen LogP contribution in [0, 0.1) is 0 Å². The largest absolute Gasteiger partial charge is 0.446 e. The molecule has 4 rings (SSSR count). The molecule has 2 fully saturated rings. The number of anilines is 2. The predicted octanol–water partition coefficient (Wildman–Crippen LogP) is -5.02. The molecular formula is C18H24N6O11. The average Bonchev–Trinajstić information content (AvgIpc) is 3.27. The predicted molar refractivity (Wildman–Crippen MR) is 112 cm³/mol. The molecule has 0 aliphatic carbocycles. The quantitative estimate of drug-likeness (QED) is 0.184. The minimum atomic E-state index is -1.59. The summed E-state index contributed by atoms with van der Waals surface area (Å²) in [6.45, 7) is -1.25. The summed E-state index contributed by atoms with van der Waals surface area (Å²) in [5.41, 5.74) is 9.61. The standard InChI is InChI=1S/C18H24N6O11/c19-13-5(1-23(17(31)21-13)15-11(29)9(27)7(3-25)34-15)33-6-2-24(18(32)22-14(6)20)16-12(30)10(28)8(4-26)35-16/h1-2,7-12,15-16,25-30H,3-4H2,(H2,19,21,31)(H2,20,22,32)/t7-,8-,9-,10-,11-,12-,15?,16?/m1/s1. The smallest absolute Gasteiger partial charge is 0.351 e. The minimum Gasteiger partial charge on any atom is -0.446 e. The van der Waals surface area contributed by atoms with Crippen LogP contribution in [0.4, 0.5) is 11.6 Å². The van der Waals surface area contributed by atoms with Gasteiger partial charge in [0.05, 0.1) is 25.6 Å². The van der Waals surface area contributed by atoms with Gasteiger partial charge in [0.15, 0.2) is 35.6 Å². The Bertz CT molecular complexity index is 1110. The molecule has 2 unspecified atom stereocenters. The number of aromatic nitrogens is 4. The Morgan fingerprint density at radius 3 is 1.46 bits per heavy atom. The van der Waals surface area contributed by atoms with Crippen molar-refractivity contribution in [3.05, 3.63) is 33.4 Å². The van der Waals surface area contributed by atoms with Crippen LogP contribution < -0.4 is 27.6 Å². The van der Waals surface area contributed by atoms with Gasteiger partial charge < -0.3 is 56.3 Å². The van der Waals surface area contributed by atoms with Gasteiger partial charge in [0.25, 0.3) is 0 Å². The number of hydrogen-bond donors (Lipinski definition) is 8. The zero-order valence-corrected chi connectivity index (χ0v) is 17.9. The first kappa shape index (κ1) is 24.9. The van der Waals surface area contributed by atoms with Crippen molar-refractivity contribution >= 4 is 11.6 Å². The zero-order valence-electron chi connectivity index (χ0n) is 17.9.